The number of carbonyl (C=O) groups is 1. The molecule has 3 aromatic rings. The molecule has 1 saturated heterocycles. The van der Waals surface area contributed by atoms with Crippen LogP contribution in [0.1, 0.15) is 30.8 Å². The molecule has 2 amide bonds. The van der Waals surface area contributed by atoms with Gasteiger partial charge in [0.2, 0.25) is 5.13 Å². The second kappa shape index (κ2) is 9.43. The summed E-state index contributed by atoms with van der Waals surface area (Å²) in [5, 5.41) is 3.86. The second-order valence-electron chi connectivity index (χ2n) is 7.77. The van der Waals surface area contributed by atoms with Crippen molar-refractivity contribution in [3.8, 4) is 0 Å². The largest absolute Gasteiger partial charge is 0.343 e. The van der Waals surface area contributed by atoms with Gasteiger partial charge in [-0.3, -0.25) is 0 Å². The molecule has 0 spiro atoms. The first-order valence-corrected chi connectivity index (χ1v) is 11.3. The van der Waals surface area contributed by atoms with E-state index in [1.165, 1.54) is 29.2 Å². The van der Waals surface area contributed by atoms with E-state index < -0.39 is 0 Å². The van der Waals surface area contributed by atoms with Gasteiger partial charge in [0.05, 0.1) is 0 Å². The molecule has 0 bridgehead atoms. The number of hydrogen-bond donors (Lipinski definition) is 1. The highest BCUT2D eigenvalue weighted by atomic mass is 32.1. The molecule has 31 heavy (non-hydrogen) atoms. The summed E-state index contributed by atoms with van der Waals surface area (Å²) in [6.07, 6.45) is 1.55. The van der Waals surface area contributed by atoms with Crippen molar-refractivity contribution in [2.45, 2.75) is 32.7 Å². The van der Waals surface area contributed by atoms with Crippen molar-refractivity contribution in [2.75, 3.05) is 29.9 Å². The number of nitrogens with one attached hydrogen (secondary N) is 1. The molecule has 0 radical (unpaired) electrons. The van der Waals surface area contributed by atoms with Crippen LogP contribution in [0.5, 0.6) is 0 Å². The zero-order valence-electron chi connectivity index (χ0n) is 17.7. The molecule has 1 aliphatic heterocycles. The van der Waals surface area contributed by atoms with Crippen molar-refractivity contribution in [1.82, 2.24) is 14.3 Å². The van der Waals surface area contributed by atoms with Gasteiger partial charge in [0.25, 0.3) is 0 Å². The second-order valence-corrected chi connectivity index (χ2v) is 8.50. The van der Waals surface area contributed by atoms with Crippen LogP contribution in [0, 0.1) is 5.82 Å². The summed E-state index contributed by atoms with van der Waals surface area (Å²) in [7, 11) is 0. The zero-order chi connectivity index (χ0) is 21.8. The van der Waals surface area contributed by atoms with Crippen LogP contribution >= 0.6 is 11.5 Å². The third-order valence-corrected chi connectivity index (χ3v) is 6.32. The van der Waals surface area contributed by atoms with Gasteiger partial charge in [-0.15, -0.1) is 0 Å². The van der Waals surface area contributed by atoms with E-state index in [0.29, 0.717) is 26.1 Å². The summed E-state index contributed by atoms with van der Waals surface area (Å²) < 4.78 is 17.5. The number of urea groups is 1. The first-order chi connectivity index (χ1) is 15.0. The smallest absolute Gasteiger partial charge is 0.322 e. The first-order valence-electron chi connectivity index (χ1n) is 10.5. The maximum Gasteiger partial charge on any atom is 0.322 e. The maximum absolute atomic E-state index is 13.1. The minimum absolute atomic E-state index is 0.0492. The highest BCUT2D eigenvalue weighted by Gasteiger charge is 2.29. The average molecular weight is 440 g/mol. The van der Waals surface area contributed by atoms with E-state index in [1.54, 1.807) is 12.1 Å². The molecule has 0 saturated carbocycles. The lowest BCUT2D eigenvalue weighted by Crippen LogP contribution is -2.55. The van der Waals surface area contributed by atoms with Gasteiger partial charge in [0.15, 0.2) is 0 Å². The van der Waals surface area contributed by atoms with E-state index in [1.807, 2.05) is 36.1 Å². The van der Waals surface area contributed by atoms with Crippen LogP contribution in [0.15, 0.2) is 48.5 Å². The van der Waals surface area contributed by atoms with Crippen molar-refractivity contribution < 1.29 is 9.18 Å². The average Bonchev–Trinajstić information content (AvgIpc) is 3.24. The maximum atomic E-state index is 13.1. The van der Waals surface area contributed by atoms with Crippen LogP contribution in [0.4, 0.5) is 20.0 Å². The molecule has 2 aromatic carbocycles. The number of amides is 2. The number of piperazine rings is 1. The fourth-order valence-corrected chi connectivity index (χ4v) is 4.40. The van der Waals surface area contributed by atoms with E-state index in [4.69, 9.17) is 0 Å². The normalized spacial score (nSPS) is 16.4. The number of benzene rings is 2. The highest BCUT2D eigenvalue weighted by Crippen LogP contribution is 2.23. The van der Waals surface area contributed by atoms with Crippen molar-refractivity contribution in [2.24, 2.45) is 0 Å². The highest BCUT2D eigenvalue weighted by molar-refractivity contribution is 7.09. The molecule has 1 fully saturated rings. The monoisotopic (exact) mass is 439 g/mol. The Morgan fingerprint density at radius 2 is 1.84 bits per heavy atom. The molecule has 8 heteroatoms. The van der Waals surface area contributed by atoms with Gasteiger partial charge in [0, 0.05) is 49.3 Å². The Labute approximate surface area is 185 Å². The van der Waals surface area contributed by atoms with Crippen molar-refractivity contribution in [3.63, 3.8) is 0 Å². The van der Waals surface area contributed by atoms with Crippen LogP contribution < -0.4 is 10.2 Å². The lowest BCUT2D eigenvalue weighted by Gasteiger charge is -2.39. The molecule has 4 rings (SSSR count). The van der Waals surface area contributed by atoms with Gasteiger partial charge in [-0.1, -0.05) is 31.2 Å². The summed E-state index contributed by atoms with van der Waals surface area (Å²) >= 11 is 1.37. The molecule has 1 unspecified atom stereocenters. The number of nitrogens with zero attached hydrogens (tertiary/aromatic N) is 4. The topological polar surface area (TPSA) is 61.4 Å². The van der Waals surface area contributed by atoms with Gasteiger partial charge in [0.1, 0.15) is 11.6 Å². The van der Waals surface area contributed by atoms with E-state index >= 15 is 0 Å². The van der Waals surface area contributed by atoms with Crippen LogP contribution in [0.25, 0.3) is 0 Å². The molecule has 6 nitrogen and oxygen atoms in total. The third kappa shape index (κ3) is 5.19. The number of halogens is 1. The van der Waals surface area contributed by atoms with E-state index in [9.17, 15) is 9.18 Å². The van der Waals surface area contributed by atoms with Crippen LogP contribution in [0.3, 0.4) is 0 Å². The van der Waals surface area contributed by atoms with Gasteiger partial charge >= 0.3 is 6.03 Å². The van der Waals surface area contributed by atoms with Gasteiger partial charge in [-0.25, -0.2) is 14.2 Å². The SMILES string of the molecule is CCc1ccc(NC(=O)N2CCN(c3nc(Cc4ccc(F)cc4)ns3)CC2C)cc1. The Kier molecular flexibility index (Phi) is 6.46. The molecule has 1 aromatic heterocycles. The minimum Gasteiger partial charge on any atom is -0.343 e. The number of carbonyl (C=O) groups excluding carboxylic acids is 1. The Morgan fingerprint density at radius 3 is 2.52 bits per heavy atom. The van der Waals surface area contributed by atoms with Crippen molar-refractivity contribution in [1.29, 1.82) is 0 Å². The summed E-state index contributed by atoms with van der Waals surface area (Å²) in [5.74, 6) is 0.486. The fourth-order valence-electron chi connectivity index (χ4n) is 3.68. The number of rotatable bonds is 5. The predicted molar refractivity (Wildman–Crippen MR) is 122 cm³/mol. The van der Waals surface area contributed by atoms with Crippen LogP contribution in [-0.4, -0.2) is 46.0 Å². The van der Waals surface area contributed by atoms with Gasteiger partial charge < -0.3 is 15.1 Å². The van der Waals surface area contributed by atoms with E-state index in [-0.39, 0.29) is 17.9 Å². The van der Waals surface area contributed by atoms with Crippen LogP contribution in [-0.2, 0) is 12.8 Å². The zero-order valence-corrected chi connectivity index (χ0v) is 18.5. The lowest BCUT2D eigenvalue weighted by molar-refractivity contribution is 0.185. The molecular weight excluding hydrogens is 413 g/mol. The van der Waals surface area contributed by atoms with E-state index in [2.05, 4.69) is 26.5 Å². The summed E-state index contributed by atoms with van der Waals surface area (Å²) in [6.45, 7) is 6.18. The summed E-state index contributed by atoms with van der Waals surface area (Å²) in [5.41, 5.74) is 3.04. The number of aromatic nitrogens is 2. The predicted octanol–water partition coefficient (Wildman–Crippen LogP) is 4.57. The Bertz CT molecular complexity index is 1020. The Hall–Kier alpha value is -3.00. The quantitative estimate of drug-likeness (QED) is 0.633. The van der Waals surface area contributed by atoms with Crippen LogP contribution in [0.2, 0.25) is 0 Å². The van der Waals surface area contributed by atoms with Gasteiger partial charge in [-0.2, -0.15) is 4.37 Å². The molecule has 1 N–H and O–H groups in total. The Morgan fingerprint density at radius 1 is 1.13 bits per heavy atom. The first kappa shape index (κ1) is 21.2. The fraction of sp³-hybridized carbons (Fsp3) is 0.348. The molecule has 0 aliphatic carbocycles. The molecule has 2 heterocycles. The van der Waals surface area contributed by atoms with Crippen molar-refractivity contribution >= 4 is 28.4 Å². The molecule has 1 atom stereocenters. The number of aryl methyl sites for hydroxylation is 1. The lowest BCUT2D eigenvalue weighted by atomic mass is 10.1. The van der Waals surface area contributed by atoms with Gasteiger partial charge in [-0.05, 0) is 48.7 Å². The standard InChI is InChI=1S/C23H26FN5OS/c1-3-17-6-10-20(11-7-17)25-22(30)29-13-12-28(15-16(29)2)23-26-21(27-31-23)14-18-4-8-19(24)9-5-18/h4-11,16H,3,12-15H2,1-2H3,(H,25,30). The minimum atomic E-state index is -0.246. The molecule has 162 valence electrons. The van der Waals surface area contributed by atoms with Crippen molar-refractivity contribution in [3.05, 3.63) is 71.3 Å². The summed E-state index contributed by atoms with van der Waals surface area (Å²) in [4.78, 5) is 21.5. The molecule has 1 aliphatic rings. The summed E-state index contributed by atoms with van der Waals surface area (Å²) in [6, 6.07) is 14.4. The number of hydrogen-bond acceptors (Lipinski definition) is 5. The van der Waals surface area contributed by atoms with E-state index in [0.717, 1.165) is 28.6 Å². The molecular formula is C23H26FN5OS. The third-order valence-electron chi connectivity index (χ3n) is 5.51. The number of anilines is 2. The Balaban J connectivity index is 1.33.